The average molecular weight is 282 g/mol. The maximum Gasteiger partial charge on any atom is 0.294 e. The molecule has 1 amide bonds. The Balaban J connectivity index is 2.63. The van der Waals surface area contributed by atoms with Crippen LogP contribution in [0.1, 0.15) is 12.1 Å². The number of aryl methyl sites for hydroxylation is 1. The number of aromatic nitrogens is 3. The maximum absolute atomic E-state index is 11.7. The minimum Gasteiger partial charge on any atom is -0.344 e. The lowest BCUT2D eigenvalue weighted by atomic mass is 10.4. The average Bonchev–Trinajstić information content (AvgIpc) is 2.41. The van der Waals surface area contributed by atoms with Crippen LogP contribution in [0.25, 0.3) is 0 Å². The van der Waals surface area contributed by atoms with Gasteiger partial charge in [0.05, 0.1) is 18.2 Å². The van der Waals surface area contributed by atoms with Crippen LogP contribution < -0.4 is 11.4 Å². The Bertz CT molecular complexity index is 564. The molecular weight excluding hydrogens is 268 g/mol. The van der Waals surface area contributed by atoms with Crippen LogP contribution >= 0.6 is 11.8 Å². The number of nitrogen functional groups attached to an aromatic ring is 1. The third-order valence-corrected chi connectivity index (χ3v) is 3.26. The molecule has 0 radical (unpaired) electrons. The highest BCUT2D eigenvalue weighted by Gasteiger charge is 2.12. The second-order valence-electron chi connectivity index (χ2n) is 3.76. The number of carbonyl (C=O) groups excluding carboxylic acids is 1. The molecule has 1 aromatic rings. The molecule has 0 aromatic carbocycles. The van der Waals surface area contributed by atoms with Crippen LogP contribution in [-0.4, -0.2) is 45.0 Å². The van der Waals surface area contributed by atoms with E-state index in [1.165, 1.54) is 11.8 Å². The Labute approximate surface area is 114 Å². The Morgan fingerprint density at radius 2 is 2.26 bits per heavy atom. The minimum atomic E-state index is -0.442. The molecule has 1 aromatic heterocycles. The van der Waals surface area contributed by atoms with Gasteiger partial charge in [-0.2, -0.15) is 9.94 Å². The molecule has 0 bridgehead atoms. The Hall–Kier alpha value is -2.08. The second kappa shape index (κ2) is 6.75. The van der Waals surface area contributed by atoms with Gasteiger partial charge in [-0.05, 0) is 6.92 Å². The van der Waals surface area contributed by atoms with Crippen LogP contribution in [0.2, 0.25) is 0 Å². The number of hydrogen-bond acceptors (Lipinski definition) is 7. The standard InChI is InChI=1S/C10H14N6O2S/c1-7-9(18)16(12)10(14-13-7)19-6-8(17)15(2)5-3-4-11/h3,5-6,12H2,1-2H3. The number of hydrogen-bond donors (Lipinski definition) is 1. The van der Waals surface area contributed by atoms with Crippen molar-refractivity contribution in [3.05, 3.63) is 16.0 Å². The summed E-state index contributed by atoms with van der Waals surface area (Å²) in [4.78, 5) is 24.6. The summed E-state index contributed by atoms with van der Waals surface area (Å²) < 4.78 is 0.871. The molecule has 19 heavy (non-hydrogen) atoms. The SMILES string of the molecule is Cc1nnc(SCC(=O)N(C)CCC#N)n(N)c1=O. The number of nitriles is 1. The summed E-state index contributed by atoms with van der Waals surface area (Å²) in [5, 5.41) is 16.0. The van der Waals surface area contributed by atoms with E-state index in [0.717, 1.165) is 16.4 Å². The van der Waals surface area contributed by atoms with E-state index in [1.54, 1.807) is 7.05 Å². The summed E-state index contributed by atoms with van der Waals surface area (Å²) in [5.41, 5.74) is -0.243. The van der Waals surface area contributed by atoms with E-state index in [4.69, 9.17) is 11.1 Å². The summed E-state index contributed by atoms with van der Waals surface area (Å²) in [6.45, 7) is 1.87. The van der Waals surface area contributed by atoms with E-state index in [1.807, 2.05) is 6.07 Å². The molecule has 0 saturated heterocycles. The van der Waals surface area contributed by atoms with Crippen molar-refractivity contribution in [1.29, 1.82) is 5.26 Å². The zero-order chi connectivity index (χ0) is 14.4. The van der Waals surface area contributed by atoms with Gasteiger partial charge >= 0.3 is 0 Å². The molecule has 0 atom stereocenters. The first kappa shape index (κ1) is 15.0. The number of nitrogens with zero attached hydrogens (tertiary/aromatic N) is 5. The van der Waals surface area contributed by atoms with E-state index in [0.29, 0.717) is 6.54 Å². The third kappa shape index (κ3) is 3.96. The van der Waals surface area contributed by atoms with E-state index in [2.05, 4.69) is 10.2 Å². The zero-order valence-corrected chi connectivity index (χ0v) is 11.5. The fourth-order valence-electron chi connectivity index (χ4n) is 1.15. The Kier molecular flexibility index (Phi) is 5.32. The van der Waals surface area contributed by atoms with Crippen LogP contribution in [-0.2, 0) is 4.79 Å². The number of amides is 1. The first-order chi connectivity index (χ1) is 8.97. The monoisotopic (exact) mass is 282 g/mol. The van der Waals surface area contributed by atoms with Gasteiger partial charge < -0.3 is 10.7 Å². The first-order valence-electron chi connectivity index (χ1n) is 5.42. The molecule has 102 valence electrons. The summed E-state index contributed by atoms with van der Waals surface area (Å²) in [5.74, 6) is 5.45. The van der Waals surface area contributed by atoms with Gasteiger partial charge in [0.2, 0.25) is 11.1 Å². The van der Waals surface area contributed by atoms with E-state index in [9.17, 15) is 9.59 Å². The molecule has 1 heterocycles. The van der Waals surface area contributed by atoms with Crippen LogP contribution in [0.3, 0.4) is 0 Å². The molecule has 0 aliphatic heterocycles. The van der Waals surface area contributed by atoms with Crippen LogP contribution in [0, 0.1) is 18.3 Å². The van der Waals surface area contributed by atoms with Crippen molar-refractivity contribution in [3.63, 3.8) is 0 Å². The van der Waals surface area contributed by atoms with Gasteiger partial charge in [0, 0.05) is 13.6 Å². The normalized spacial score (nSPS) is 9.95. The van der Waals surface area contributed by atoms with Gasteiger partial charge in [-0.25, -0.2) is 0 Å². The quantitative estimate of drug-likeness (QED) is 0.550. The Morgan fingerprint density at radius 1 is 1.58 bits per heavy atom. The lowest BCUT2D eigenvalue weighted by Gasteiger charge is -2.15. The first-order valence-corrected chi connectivity index (χ1v) is 6.41. The summed E-state index contributed by atoms with van der Waals surface area (Å²) in [6, 6.07) is 1.96. The molecule has 9 heteroatoms. The van der Waals surface area contributed by atoms with Crippen LogP contribution in [0.5, 0.6) is 0 Å². The number of thioether (sulfide) groups is 1. The fourth-order valence-corrected chi connectivity index (χ4v) is 1.94. The highest BCUT2D eigenvalue weighted by atomic mass is 32.2. The molecular formula is C10H14N6O2S. The largest absolute Gasteiger partial charge is 0.344 e. The van der Waals surface area contributed by atoms with Gasteiger partial charge in [0.25, 0.3) is 5.56 Å². The van der Waals surface area contributed by atoms with E-state index < -0.39 is 5.56 Å². The van der Waals surface area contributed by atoms with Gasteiger partial charge in [-0.1, -0.05) is 11.8 Å². The molecule has 0 fully saturated rings. The topological polar surface area (TPSA) is 118 Å². The Morgan fingerprint density at radius 3 is 2.89 bits per heavy atom. The van der Waals surface area contributed by atoms with Gasteiger partial charge in [-0.3, -0.25) is 9.59 Å². The zero-order valence-electron chi connectivity index (χ0n) is 10.7. The van der Waals surface area contributed by atoms with Crippen LogP contribution in [0.4, 0.5) is 0 Å². The lowest BCUT2D eigenvalue weighted by molar-refractivity contribution is -0.127. The number of nitrogens with two attached hydrogens (primary N) is 1. The van der Waals surface area contributed by atoms with Crippen molar-refractivity contribution in [3.8, 4) is 6.07 Å². The molecule has 0 aliphatic rings. The summed E-state index contributed by atoms with van der Waals surface area (Å²) >= 11 is 1.03. The predicted octanol–water partition coefficient (Wildman–Crippen LogP) is -0.875. The van der Waals surface area contributed by atoms with E-state index in [-0.39, 0.29) is 28.9 Å². The summed E-state index contributed by atoms with van der Waals surface area (Å²) in [6.07, 6.45) is 0.277. The smallest absolute Gasteiger partial charge is 0.294 e. The predicted molar refractivity (Wildman–Crippen MR) is 69.8 cm³/mol. The second-order valence-corrected chi connectivity index (χ2v) is 4.70. The molecule has 0 aliphatic carbocycles. The van der Waals surface area contributed by atoms with E-state index >= 15 is 0 Å². The number of rotatable bonds is 5. The van der Waals surface area contributed by atoms with Crippen molar-refractivity contribution in [2.45, 2.75) is 18.5 Å². The molecule has 2 N–H and O–H groups in total. The van der Waals surface area contributed by atoms with Crippen molar-refractivity contribution in [2.75, 3.05) is 25.2 Å². The van der Waals surface area contributed by atoms with Crippen LogP contribution in [0.15, 0.2) is 9.95 Å². The van der Waals surface area contributed by atoms with Crippen molar-refractivity contribution < 1.29 is 4.79 Å². The van der Waals surface area contributed by atoms with Gasteiger partial charge in [0.1, 0.15) is 5.69 Å². The molecule has 8 nitrogen and oxygen atoms in total. The van der Waals surface area contributed by atoms with Crippen molar-refractivity contribution >= 4 is 17.7 Å². The maximum atomic E-state index is 11.7. The molecule has 0 saturated carbocycles. The van der Waals surface area contributed by atoms with Crippen molar-refractivity contribution in [1.82, 2.24) is 19.8 Å². The number of carbonyl (C=O) groups is 1. The fraction of sp³-hybridized carbons (Fsp3) is 0.500. The third-order valence-electron chi connectivity index (χ3n) is 2.33. The molecule has 1 rings (SSSR count). The molecule has 0 unspecified atom stereocenters. The molecule has 0 spiro atoms. The van der Waals surface area contributed by atoms with Gasteiger partial charge in [-0.15, -0.1) is 10.2 Å². The minimum absolute atomic E-state index is 0.0797. The highest BCUT2D eigenvalue weighted by molar-refractivity contribution is 7.99. The van der Waals surface area contributed by atoms with Gasteiger partial charge in [0.15, 0.2) is 0 Å². The highest BCUT2D eigenvalue weighted by Crippen LogP contribution is 2.11. The summed E-state index contributed by atoms with van der Waals surface area (Å²) in [7, 11) is 1.61. The van der Waals surface area contributed by atoms with Crippen molar-refractivity contribution in [2.24, 2.45) is 0 Å². The lowest BCUT2D eigenvalue weighted by Crippen LogP contribution is -2.33.